The molecule has 2 heteroatoms. The second-order valence-electron chi connectivity index (χ2n) is 0.712. The molecule has 0 bridgehead atoms. The molecule has 0 amide bonds. The molecule has 1 aliphatic rings. The lowest BCUT2D eigenvalue weighted by Crippen LogP contribution is -1.73. The van der Waals surface area contributed by atoms with Gasteiger partial charge < -0.3 is 4.84 Å². The Kier molecular flexibility index (Phi) is 0.571. The van der Waals surface area contributed by atoms with Crippen LogP contribution in [-0.4, -0.2) is 12.8 Å². The van der Waals surface area contributed by atoms with Gasteiger partial charge in [-0.05, 0) is 0 Å². The number of rotatable bonds is 0. The van der Waals surface area contributed by atoms with E-state index < -0.39 is 0 Å². The van der Waals surface area contributed by atoms with Crippen LogP contribution in [0.25, 0.3) is 0 Å². The SMILES string of the molecule is [C]1C=NOC1. The molecule has 0 fully saturated rings. The number of nitrogens with zero attached hydrogens (tertiary/aromatic N) is 1. The molecule has 0 saturated carbocycles. The molecule has 0 saturated heterocycles. The Morgan fingerprint density at radius 2 is 3.00 bits per heavy atom. The van der Waals surface area contributed by atoms with Gasteiger partial charge in [-0.2, -0.15) is 0 Å². The fourth-order valence-electron chi connectivity index (χ4n) is 0.186. The molecule has 2 nitrogen and oxygen atoms in total. The Morgan fingerprint density at radius 3 is 3.20 bits per heavy atom. The van der Waals surface area contributed by atoms with Crippen molar-refractivity contribution in [1.29, 1.82) is 0 Å². The summed E-state index contributed by atoms with van der Waals surface area (Å²) in [7, 11) is 0. The summed E-state index contributed by atoms with van der Waals surface area (Å²) in [5.41, 5.74) is 0. The predicted octanol–water partition coefficient (Wildman–Crippen LogP) is 0.0837. The van der Waals surface area contributed by atoms with Crippen molar-refractivity contribution in [1.82, 2.24) is 0 Å². The van der Waals surface area contributed by atoms with E-state index in [1.807, 2.05) is 0 Å². The van der Waals surface area contributed by atoms with E-state index in [1.54, 1.807) is 0 Å². The van der Waals surface area contributed by atoms with E-state index in [9.17, 15) is 0 Å². The van der Waals surface area contributed by atoms with E-state index in [2.05, 4.69) is 16.4 Å². The number of hydrogen-bond acceptors (Lipinski definition) is 2. The highest BCUT2D eigenvalue weighted by molar-refractivity contribution is 5.68. The minimum Gasteiger partial charge on any atom is -0.395 e. The highest BCUT2D eigenvalue weighted by atomic mass is 16.6. The van der Waals surface area contributed by atoms with Gasteiger partial charge >= 0.3 is 0 Å². The van der Waals surface area contributed by atoms with Gasteiger partial charge in [0, 0.05) is 0 Å². The summed E-state index contributed by atoms with van der Waals surface area (Å²) in [5.74, 6) is 0. The normalized spacial score (nSPS) is 19.2. The van der Waals surface area contributed by atoms with Gasteiger partial charge in [0.2, 0.25) is 0 Å². The standard InChI is InChI=1S/C3H3NO/c1-2-4-5-3-1/h2H,3H2. The average molecular weight is 69.1 g/mol. The molecule has 26 valence electrons. The summed E-state index contributed by atoms with van der Waals surface area (Å²) >= 11 is 0. The van der Waals surface area contributed by atoms with Crippen molar-refractivity contribution < 1.29 is 4.84 Å². The van der Waals surface area contributed by atoms with Crippen LogP contribution in [0.3, 0.4) is 0 Å². The second kappa shape index (κ2) is 1.06. The fraction of sp³-hybridized carbons (Fsp3) is 0.333. The van der Waals surface area contributed by atoms with Crippen molar-refractivity contribution in [2.45, 2.75) is 0 Å². The average Bonchev–Trinajstić information content (AvgIpc) is 1.76. The zero-order valence-corrected chi connectivity index (χ0v) is 2.64. The number of hydrogen-bond donors (Lipinski definition) is 0. The van der Waals surface area contributed by atoms with Crippen molar-refractivity contribution in [2.24, 2.45) is 5.16 Å². The largest absolute Gasteiger partial charge is 0.395 e. The molecular weight excluding hydrogens is 66.0 g/mol. The lowest BCUT2D eigenvalue weighted by atomic mass is 10.5. The minimum atomic E-state index is 0.528. The van der Waals surface area contributed by atoms with E-state index in [0.29, 0.717) is 6.61 Å². The lowest BCUT2D eigenvalue weighted by molar-refractivity contribution is 0.186. The maximum absolute atomic E-state index is 4.40. The predicted molar refractivity (Wildman–Crippen MR) is 17.7 cm³/mol. The molecule has 0 N–H and O–H groups in total. The van der Waals surface area contributed by atoms with Crippen LogP contribution in [0.5, 0.6) is 0 Å². The third kappa shape index (κ3) is 0.375. The molecule has 0 aliphatic carbocycles. The van der Waals surface area contributed by atoms with Gasteiger partial charge in [0.25, 0.3) is 0 Å². The molecule has 0 aromatic carbocycles. The Labute approximate surface area is 30.4 Å². The van der Waals surface area contributed by atoms with Crippen molar-refractivity contribution in [3.05, 3.63) is 6.42 Å². The summed E-state index contributed by atoms with van der Waals surface area (Å²) in [6, 6.07) is 0. The van der Waals surface area contributed by atoms with Gasteiger partial charge in [-0.3, -0.25) is 0 Å². The first-order valence-electron chi connectivity index (χ1n) is 1.37. The summed E-state index contributed by atoms with van der Waals surface area (Å²) in [6.07, 6.45) is 4.22. The van der Waals surface area contributed by atoms with Gasteiger partial charge in [-0.25, -0.2) is 0 Å². The first-order chi connectivity index (χ1) is 2.50. The van der Waals surface area contributed by atoms with Crippen LogP contribution >= 0.6 is 0 Å². The molecule has 1 aliphatic heterocycles. The highest BCUT2D eigenvalue weighted by Gasteiger charge is 1.87. The molecule has 5 heavy (non-hydrogen) atoms. The fourth-order valence-corrected chi connectivity index (χ4v) is 0.186. The summed E-state index contributed by atoms with van der Waals surface area (Å²) in [5, 5.41) is 3.35. The Balaban J connectivity index is 2.32. The maximum Gasteiger partial charge on any atom is 0.130 e. The summed E-state index contributed by atoms with van der Waals surface area (Å²) in [6.45, 7) is 0.528. The van der Waals surface area contributed by atoms with Crippen LogP contribution in [0.2, 0.25) is 0 Å². The van der Waals surface area contributed by atoms with Gasteiger partial charge in [-0.1, -0.05) is 5.16 Å². The third-order valence-electron chi connectivity index (χ3n) is 0.366. The minimum absolute atomic E-state index is 0.528. The first-order valence-corrected chi connectivity index (χ1v) is 1.37. The smallest absolute Gasteiger partial charge is 0.130 e. The Morgan fingerprint density at radius 1 is 2.00 bits per heavy atom. The molecule has 0 spiro atoms. The van der Waals surface area contributed by atoms with E-state index in [4.69, 9.17) is 0 Å². The van der Waals surface area contributed by atoms with Gasteiger partial charge in [0.15, 0.2) is 0 Å². The first kappa shape index (κ1) is 2.69. The van der Waals surface area contributed by atoms with Gasteiger partial charge in [-0.15, -0.1) is 0 Å². The Bertz CT molecular complexity index is 44.9. The maximum atomic E-state index is 4.40. The van der Waals surface area contributed by atoms with Crippen LogP contribution in [0.15, 0.2) is 5.16 Å². The van der Waals surface area contributed by atoms with Crippen LogP contribution in [0, 0.1) is 6.42 Å². The molecule has 2 radical (unpaired) electrons. The van der Waals surface area contributed by atoms with Crippen molar-refractivity contribution in [3.8, 4) is 0 Å². The molecule has 1 rings (SSSR count). The number of oxime groups is 1. The van der Waals surface area contributed by atoms with Crippen molar-refractivity contribution in [3.63, 3.8) is 0 Å². The zero-order chi connectivity index (χ0) is 3.54. The topological polar surface area (TPSA) is 21.6 Å². The quantitative estimate of drug-likeness (QED) is 0.395. The molecule has 0 unspecified atom stereocenters. The Hall–Kier alpha value is -0.530. The second-order valence-corrected chi connectivity index (χ2v) is 0.712. The van der Waals surface area contributed by atoms with Crippen LogP contribution < -0.4 is 0 Å². The third-order valence-corrected chi connectivity index (χ3v) is 0.366. The molecular formula is C3H3NO. The van der Waals surface area contributed by atoms with Gasteiger partial charge in [0.1, 0.15) is 6.61 Å². The van der Waals surface area contributed by atoms with Gasteiger partial charge in [0.05, 0.1) is 12.6 Å². The van der Waals surface area contributed by atoms with E-state index >= 15 is 0 Å². The monoisotopic (exact) mass is 69.0 g/mol. The van der Waals surface area contributed by atoms with E-state index in [-0.39, 0.29) is 0 Å². The van der Waals surface area contributed by atoms with E-state index in [1.165, 1.54) is 6.21 Å². The molecule has 0 atom stereocenters. The zero-order valence-electron chi connectivity index (χ0n) is 2.64. The van der Waals surface area contributed by atoms with Crippen LogP contribution in [-0.2, 0) is 4.84 Å². The molecule has 0 aromatic rings. The lowest BCUT2D eigenvalue weighted by Gasteiger charge is -1.75. The summed E-state index contributed by atoms with van der Waals surface area (Å²) < 4.78 is 0. The van der Waals surface area contributed by atoms with Crippen molar-refractivity contribution in [2.75, 3.05) is 6.61 Å². The van der Waals surface area contributed by atoms with Crippen LogP contribution in [0.1, 0.15) is 0 Å². The molecule has 0 aromatic heterocycles. The summed E-state index contributed by atoms with van der Waals surface area (Å²) in [4.78, 5) is 4.40. The molecule has 1 heterocycles. The highest BCUT2D eigenvalue weighted by Crippen LogP contribution is 1.85. The van der Waals surface area contributed by atoms with E-state index in [0.717, 1.165) is 0 Å². The van der Waals surface area contributed by atoms with Crippen molar-refractivity contribution >= 4 is 6.21 Å². The van der Waals surface area contributed by atoms with Crippen LogP contribution in [0.4, 0.5) is 0 Å².